The van der Waals surface area contributed by atoms with Crippen molar-refractivity contribution in [3.05, 3.63) is 75.3 Å². The Morgan fingerprint density at radius 1 is 1.19 bits per heavy atom. The number of hydrogen-bond acceptors (Lipinski definition) is 4. The first kappa shape index (κ1) is 18.1. The van der Waals surface area contributed by atoms with Crippen LogP contribution >= 0.6 is 0 Å². The summed E-state index contributed by atoms with van der Waals surface area (Å²) in [5.41, 5.74) is 3.35. The molecular weight excluding hydrogens is 330 g/mol. The van der Waals surface area contributed by atoms with E-state index in [0.29, 0.717) is 6.54 Å². The normalized spacial score (nSPS) is 16.4. The fourth-order valence-electron chi connectivity index (χ4n) is 3.50. The van der Waals surface area contributed by atoms with Crippen molar-refractivity contribution in [1.82, 2.24) is 9.80 Å². The van der Waals surface area contributed by atoms with E-state index in [4.69, 9.17) is 0 Å². The summed E-state index contributed by atoms with van der Waals surface area (Å²) in [5.74, 6) is 0.0557. The van der Waals surface area contributed by atoms with E-state index >= 15 is 0 Å². The summed E-state index contributed by atoms with van der Waals surface area (Å²) in [6, 6.07) is 14.6. The Kier molecular flexibility index (Phi) is 5.32. The van der Waals surface area contributed by atoms with Gasteiger partial charge in [-0.1, -0.05) is 36.4 Å². The van der Waals surface area contributed by atoms with Gasteiger partial charge in [0.1, 0.15) is 0 Å². The summed E-state index contributed by atoms with van der Waals surface area (Å²) in [6.45, 7) is 1.46. The van der Waals surface area contributed by atoms with Gasteiger partial charge in [0.15, 0.2) is 0 Å². The first-order valence-corrected chi connectivity index (χ1v) is 8.71. The average Bonchev–Trinajstić information content (AvgIpc) is 2.62. The van der Waals surface area contributed by atoms with Crippen LogP contribution in [0.15, 0.2) is 48.5 Å². The fourth-order valence-corrected chi connectivity index (χ4v) is 3.50. The molecule has 0 saturated carbocycles. The monoisotopic (exact) mass is 353 g/mol. The number of hydrogen-bond donors (Lipinski definition) is 0. The highest BCUT2D eigenvalue weighted by atomic mass is 16.6. The summed E-state index contributed by atoms with van der Waals surface area (Å²) < 4.78 is 0. The molecule has 0 saturated heterocycles. The van der Waals surface area contributed by atoms with Crippen LogP contribution in [0.3, 0.4) is 0 Å². The van der Waals surface area contributed by atoms with Crippen LogP contribution < -0.4 is 0 Å². The highest BCUT2D eigenvalue weighted by Gasteiger charge is 2.30. The summed E-state index contributed by atoms with van der Waals surface area (Å²) in [5, 5.41) is 10.8. The van der Waals surface area contributed by atoms with Gasteiger partial charge in [0.2, 0.25) is 5.91 Å². The molecule has 0 spiro atoms. The van der Waals surface area contributed by atoms with E-state index in [2.05, 4.69) is 17.0 Å². The Bertz CT molecular complexity index is 802. The molecule has 1 aliphatic heterocycles. The van der Waals surface area contributed by atoms with E-state index in [-0.39, 0.29) is 24.1 Å². The predicted molar refractivity (Wildman–Crippen MR) is 100.0 cm³/mol. The van der Waals surface area contributed by atoms with Crippen molar-refractivity contribution in [3.8, 4) is 0 Å². The largest absolute Gasteiger partial charge is 0.334 e. The second-order valence-corrected chi connectivity index (χ2v) is 6.91. The summed E-state index contributed by atoms with van der Waals surface area (Å²) >= 11 is 0. The van der Waals surface area contributed by atoms with Gasteiger partial charge in [-0.05, 0) is 37.2 Å². The Labute approximate surface area is 153 Å². The van der Waals surface area contributed by atoms with Gasteiger partial charge in [0, 0.05) is 25.2 Å². The summed E-state index contributed by atoms with van der Waals surface area (Å²) in [6.07, 6.45) is 1.11. The lowest BCUT2D eigenvalue weighted by Crippen LogP contribution is -2.44. The van der Waals surface area contributed by atoms with Gasteiger partial charge in [-0.25, -0.2) is 0 Å². The topological polar surface area (TPSA) is 66.7 Å². The Morgan fingerprint density at radius 3 is 2.54 bits per heavy atom. The maximum Gasteiger partial charge on any atom is 0.269 e. The van der Waals surface area contributed by atoms with Crippen molar-refractivity contribution < 1.29 is 9.72 Å². The van der Waals surface area contributed by atoms with Gasteiger partial charge < -0.3 is 9.80 Å². The maximum absolute atomic E-state index is 13.0. The molecule has 1 aliphatic rings. The Hall–Kier alpha value is -2.73. The number of carbonyl (C=O) groups is 1. The van der Waals surface area contributed by atoms with Gasteiger partial charge in [-0.2, -0.15) is 0 Å². The molecular formula is C20H23N3O3. The lowest BCUT2D eigenvalue weighted by molar-refractivity contribution is -0.384. The molecule has 0 fully saturated rings. The molecule has 3 rings (SSSR count). The van der Waals surface area contributed by atoms with Crippen LogP contribution in [0, 0.1) is 10.1 Å². The first-order valence-electron chi connectivity index (χ1n) is 8.71. The summed E-state index contributed by atoms with van der Waals surface area (Å²) in [4.78, 5) is 27.3. The molecule has 0 radical (unpaired) electrons. The standard InChI is InChI=1S/C20H23N3O3/c1-21(2)14-19-18-6-4-3-5-16(18)11-12-22(19)20(24)13-15-7-9-17(10-8-15)23(25)26/h3-10,19H,11-14H2,1-2H3. The highest BCUT2D eigenvalue weighted by molar-refractivity contribution is 5.79. The van der Waals surface area contributed by atoms with Gasteiger partial charge in [-0.3, -0.25) is 14.9 Å². The highest BCUT2D eigenvalue weighted by Crippen LogP contribution is 2.30. The minimum Gasteiger partial charge on any atom is -0.334 e. The Morgan fingerprint density at radius 2 is 1.88 bits per heavy atom. The zero-order valence-corrected chi connectivity index (χ0v) is 15.1. The van der Waals surface area contributed by atoms with E-state index < -0.39 is 4.92 Å². The van der Waals surface area contributed by atoms with Gasteiger partial charge in [0.05, 0.1) is 17.4 Å². The molecule has 0 bridgehead atoms. The number of non-ortho nitro benzene ring substituents is 1. The molecule has 0 aromatic heterocycles. The molecule has 6 heteroatoms. The zero-order chi connectivity index (χ0) is 18.7. The summed E-state index contributed by atoms with van der Waals surface area (Å²) in [7, 11) is 4.02. The van der Waals surface area contributed by atoms with Gasteiger partial charge in [-0.15, -0.1) is 0 Å². The number of benzene rings is 2. The van der Waals surface area contributed by atoms with Crippen LogP contribution in [-0.2, 0) is 17.6 Å². The van der Waals surface area contributed by atoms with Crippen molar-refractivity contribution >= 4 is 11.6 Å². The first-order chi connectivity index (χ1) is 12.5. The minimum absolute atomic E-state index is 0.0282. The van der Waals surface area contributed by atoms with E-state index in [1.807, 2.05) is 31.1 Å². The second kappa shape index (κ2) is 7.66. The van der Waals surface area contributed by atoms with Crippen molar-refractivity contribution in [2.24, 2.45) is 0 Å². The van der Waals surface area contributed by atoms with E-state index in [9.17, 15) is 14.9 Å². The quantitative estimate of drug-likeness (QED) is 0.612. The van der Waals surface area contributed by atoms with Crippen molar-refractivity contribution in [3.63, 3.8) is 0 Å². The molecule has 0 N–H and O–H groups in total. The Balaban J connectivity index is 1.80. The molecule has 6 nitrogen and oxygen atoms in total. The van der Waals surface area contributed by atoms with E-state index in [0.717, 1.165) is 18.5 Å². The number of nitrogens with zero attached hydrogens (tertiary/aromatic N) is 3. The van der Waals surface area contributed by atoms with Crippen LogP contribution in [0.5, 0.6) is 0 Å². The molecule has 26 heavy (non-hydrogen) atoms. The van der Waals surface area contributed by atoms with Crippen LogP contribution in [0.25, 0.3) is 0 Å². The molecule has 0 aliphatic carbocycles. The van der Waals surface area contributed by atoms with Crippen LogP contribution in [0.4, 0.5) is 5.69 Å². The second-order valence-electron chi connectivity index (χ2n) is 6.91. The number of nitro benzene ring substituents is 1. The SMILES string of the molecule is CN(C)CC1c2ccccc2CCN1C(=O)Cc1ccc([N+](=O)[O-])cc1. The van der Waals surface area contributed by atoms with Gasteiger partial charge >= 0.3 is 0 Å². The number of fused-ring (bicyclic) bond motifs is 1. The number of amides is 1. The predicted octanol–water partition coefficient (Wildman–Crippen LogP) is 2.82. The number of carbonyl (C=O) groups excluding carboxylic acids is 1. The third-order valence-corrected chi connectivity index (χ3v) is 4.77. The van der Waals surface area contributed by atoms with Gasteiger partial charge in [0.25, 0.3) is 5.69 Å². The molecule has 1 unspecified atom stereocenters. The van der Waals surface area contributed by atoms with Crippen LogP contribution in [-0.4, -0.2) is 47.8 Å². The van der Waals surface area contributed by atoms with E-state index in [1.54, 1.807) is 12.1 Å². The molecule has 1 amide bonds. The van der Waals surface area contributed by atoms with E-state index in [1.165, 1.54) is 23.3 Å². The van der Waals surface area contributed by atoms with Crippen LogP contribution in [0.1, 0.15) is 22.7 Å². The smallest absolute Gasteiger partial charge is 0.269 e. The molecule has 2 aromatic rings. The minimum atomic E-state index is -0.430. The van der Waals surface area contributed by atoms with Crippen molar-refractivity contribution in [2.45, 2.75) is 18.9 Å². The lowest BCUT2D eigenvalue weighted by Gasteiger charge is -2.39. The number of rotatable bonds is 5. The molecule has 1 heterocycles. The third kappa shape index (κ3) is 3.91. The fraction of sp³-hybridized carbons (Fsp3) is 0.350. The maximum atomic E-state index is 13.0. The lowest BCUT2D eigenvalue weighted by atomic mass is 9.91. The number of nitro groups is 1. The number of likely N-dealkylation sites (N-methyl/N-ethyl adjacent to an activating group) is 1. The van der Waals surface area contributed by atoms with Crippen molar-refractivity contribution in [1.29, 1.82) is 0 Å². The molecule has 2 aromatic carbocycles. The zero-order valence-electron chi connectivity index (χ0n) is 15.1. The molecule has 1 atom stereocenters. The molecule has 136 valence electrons. The van der Waals surface area contributed by atoms with Crippen molar-refractivity contribution in [2.75, 3.05) is 27.2 Å². The average molecular weight is 353 g/mol. The van der Waals surface area contributed by atoms with Crippen LogP contribution in [0.2, 0.25) is 0 Å². The third-order valence-electron chi connectivity index (χ3n) is 4.77.